The van der Waals surface area contributed by atoms with Gasteiger partial charge >= 0.3 is 5.97 Å². The molecule has 0 radical (unpaired) electrons. The van der Waals surface area contributed by atoms with Crippen molar-refractivity contribution in [1.29, 1.82) is 0 Å². The molecule has 1 aromatic carbocycles. The van der Waals surface area contributed by atoms with Crippen LogP contribution < -0.4 is 70.4 Å². The summed E-state index contributed by atoms with van der Waals surface area (Å²) in [5, 5.41) is 56.7. The molecule has 89 heavy (non-hydrogen) atoms. The summed E-state index contributed by atoms with van der Waals surface area (Å²) in [4.78, 5) is 151. The lowest BCUT2D eigenvalue weighted by Gasteiger charge is -2.29. The van der Waals surface area contributed by atoms with Gasteiger partial charge in [-0.3, -0.25) is 57.7 Å². The van der Waals surface area contributed by atoms with Crippen molar-refractivity contribution >= 4 is 71.0 Å². The summed E-state index contributed by atoms with van der Waals surface area (Å²) in [7, 11) is 1.50. The first kappa shape index (κ1) is 74.2. The van der Waals surface area contributed by atoms with E-state index in [2.05, 4.69) is 64.7 Å². The lowest BCUT2D eigenvalue weighted by molar-refractivity contribution is -0.139. The smallest absolute Gasteiger partial charge is 0.303 e. The first-order chi connectivity index (χ1) is 42.2. The zero-order chi connectivity index (χ0) is 66.2. The monoisotopic (exact) mass is 1240 g/mol. The average Bonchev–Trinajstić information content (AvgIpc) is 3.71. The molecule has 9 atom stereocenters. The second-order valence-electron chi connectivity index (χ2n) is 22.6. The van der Waals surface area contributed by atoms with E-state index in [1.54, 1.807) is 30.5 Å². The number of rotatable bonds is 36. The van der Waals surface area contributed by atoms with E-state index in [4.69, 9.17) is 17.2 Å². The molecule has 0 bridgehead atoms. The fraction of sp³-hybridized carbons (Fsp3) is 0.541. The van der Waals surface area contributed by atoms with Gasteiger partial charge in [-0.2, -0.15) is 0 Å². The Hall–Kier alpha value is -9.08. The number of allylic oxidation sites excluding steroid dienone is 4. The number of aliphatic carboxylic acids is 1. The molecule has 0 saturated heterocycles. The van der Waals surface area contributed by atoms with Gasteiger partial charge in [-0.1, -0.05) is 101 Å². The van der Waals surface area contributed by atoms with Crippen molar-refractivity contribution in [3.8, 4) is 5.75 Å². The predicted octanol–water partition coefficient (Wildman–Crippen LogP) is -0.880. The van der Waals surface area contributed by atoms with Gasteiger partial charge in [0.1, 0.15) is 48.0 Å². The molecule has 1 fully saturated rings. The number of aliphatic hydroxyl groups excluding tert-OH is 1. The quantitative estimate of drug-likeness (QED) is 0.0168. The molecule has 28 nitrogen and oxygen atoms in total. The third-order valence-corrected chi connectivity index (χ3v) is 14.6. The second-order valence-corrected chi connectivity index (χ2v) is 22.6. The van der Waals surface area contributed by atoms with E-state index in [0.29, 0.717) is 42.6 Å². The van der Waals surface area contributed by atoms with E-state index < -0.39 is 139 Å². The minimum Gasteiger partial charge on any atom is -0.508 e. The lowest BCUT2D eigenvalue weighted by atomic mass is 9.84. The molecule has 19 N–H and O–H groups in total. The largest absolute Gasteiger partial charge is 0.508 e. The first-order valence-electron chi connectivity index (χ1n) is 29.9. The highest BCUT2D eigenvalue weighted by Gasteiger charge is 2.36. The average molecular weight is 1250 g/mol. The fourth-order valence-electron chi connectivity index (χ4n) is 9.84. The van der Waals surface area contributed by atoms with Crippen LogP contribution >= 0.6 is 0 Å². The molecule has 1 heterocycles. The molecule has 0 aromatic heterocycles. The summed E-state index contributed by atoms with van der Waals surface area (Å²) in [6.07, 6.45) is 13.4. The SMILES string of the molecule is C=C1/C=C\C=C/CNC=C1C[C@H](NC(=O)[C@H](CCCNC(N)=NC)NC(=O)[C@@H](/C=C/CNC(=O)[C@H](CC1CCCCC1)NC(=O)[C@@H](NC(=O)[C@H](CC(N)=O)NC(=O)[C@H](CCC(=O)O)NC(=O)[C@@H](Cc1ccc(O)cc1)NC(C)=O)[C@@H](C)O)CC(C)C)C(N)=O. The number of guanidine groups is 1. The Balaban J connectivity index is 1.83. The third kappa shape index (κ3) is 28.5. The molecule has 10 amide bonds. The van der Waals surface area contributed by atoms with Gasteiger partial charge in [-0.15, -0.1) is 0 Å². The number of nitrogens with zero attached hydrogens (tertiary/aromatic N) is 1. The molecule has 0 unspecified atom stereocenters. The molecule has 490 valence electrons. The number of aromatic hydroxyl groups is 1. The number of hydrogen-bond donors (Lipinski definition) is 16. The van der Waals surface area contributed by atoms with E-state index in [1.807, 2.05) is 26.0 Å². The Morgan fingerprint density at radius 3 is 1.93 bits per heavy atom. The highest BCUT2D eigenvalue weighted by molar-refractivity contribution is 5.98. The van der Waals surface area contributed by atoms with Crippen molar-refractivity contribution in [3.63, 3.8) is 0 Å². The molecule has 2 aliphatic rings. The van der Waals surface area contributed by atoms with Gasteiger partial charge < -0.3 is 85.7 Å². The van der Waals surface area contributed by atoms with Crippen LogP contribution in [0.5, 0.6) is 5.75 Å². The maximum atomic E-state index is 14.2. The highest BCUT2D eigenvalue weighted by atomic mass is 16.4. The van der Waals surface area contributed by atoms with E-state index in [1.165, 1.54) is 38.2 Å². The molecule has 1 aromatic rings. The number of aliphatic hydroxyl groups is 1. The molecule has 1 aliphatic heterocycles. The van der Waals surface area contributed by atoms with E-state index >= 15 is 0 Å². The van der Waals surface area contributed by atoms with Crippen LogP contribution in [0.3, 0.4) is 0 Å². The van der Waals surface area contributed by atoms with Crippen LogP contribution in [0.25, 0.3) is 0 Å². The minimum absolute atomic E-state index is 0.00163. The summed E-state index contributed by atoms with van der Waals surface area (Å²) < 4.78 is 0. The van der Waals surface area contributed by atoms with Crippen LogP contribution in [0.4, 0.5) is 0 Å². The number of carboxylic acids is 1. The first-order valence-corrected chi connectivity index (χ1v) is 29.9. The number of amides is 10. The summed E-state index contributed by atoms with van der Waals surface area (Å²) in [6.45, 7) is 10.9. The topological polar surface area (TPSA) is 459 Å². The molecule has 1 saturated carbocycles. The third-order valence-electron chi connectivity index (χ3n) is 14.6. The van der Waals surface area contributed by atoms with Crippen molar-refractivity contribution in [2.45, 2.75) is 166 Å². The van der Waals surface area contributed by atoms with Crippen LogP contribution in [0, 0.1) is 17.8 Å². The van der Waals surface area contributed by atoms with Crippen LogP contribution in [-0.2, 0) is 59.2 Å². The van der Waals surface area contributed by atoms with Gasteiger partial charge in [-0.05, 0) is 79.7 Å². The fourth-order valence-corrected chi connectivity index (χ4v) is 9.84. The zero-order valence-electron chi connectivity index (χ0n) is 51.4. The molecule has 3 rings (SSSR count). The molecule has 28 heteroatoms. The number of carbonyl (C=O) groups excluding carboxylic acids is 10. The van der Waals surface area contributed by atoms with Gasteiger partial charge in [0.05, 0.1) is 18.4 Å². The molecular weight excluding hydrogens is 1150 g/mol. The molecule has 1 aliphatic carbocycles. The number of phenols is 1. The number of nitrogens with one attached hydrogen (secondary N) is 10. The summed E-state index contributed by atoms with van der Waals surface area (Å²) >= 11 is 0. The van der Waals surface area contributed by atoms with E-state index in [0.717, 1.165) is 39.0 Å². The van der Waals surface area contributed by atoms with Gasteiger partial charge in [0.2, 0.25) is 59.1 Å². The number of benzene rings is 1. The summed E-state index contributed by atoms with van der Waals surface area (Å²) in [5.74, 6) is -10.8. The minimum atomic E-state index is -1.86. The summed E-state index contributed by atoms with van der Waals surface area (Å²) in [6, 6.07) is -4.51. The van der Waals surface area contributed by atoms with Crippen LogP contribution in [-0.4, -0.2) is 161 Å². The summed E-state index contributed by atoms with van der Waals surface area (Å²) in [5.41, 5.74) is 18.8. The van der Waals surface area contributed by atoms with Crippen molar-refractivity contribution in [3.05, 3.63) is 90.2 Å². The number of aliphatic imine (C=N–C) groups is 1. The van der Waals surface area contributed by atoms with Gasteiger partial charge in [-0.25, -0.2) is 0 Å². The Labute approximate surface area is 519 Å². The maximum Gasteiger partial charge on any atom is 0.303 e. The number of carbonyl (C=O) groups is 11. The van der Waals surface area contributed by atoms with Crippen LogP contribution in [0.15, 0.2) is 89.6 Å². The van der Waals surface area contributed by atoms with Crippen molar-refractivity contribution in [2.75, 3.05) is 26.7 Å². The molecular formula is C61H92N14O14. The van der Waals surface area contributed by atoms with Gasteiger partial charge in [0.15, 0.2) is 5.96 Å². The molecule has 0 spiro atoms. The normalized spacial score (nSPS) is 17.4. The Morgan fingerprint density at radius 1 is 0.719 bits per heavy atom. The van der Waals surface area contributed by atoms with Crippen molar-refractivity contribution < 1.29 is 68.1 Å². The van der Waals surface area contributed by atoms with Gasteiger partial charge in [0.25, 0.3) is 0 Å². The van der Waals surface area contributed by atoms with E-state index in [-0.39, 0.29) is 55.8 Å². The predicted molar refractivity (Wildman–Crippen MR) is 332 cm³/mol. The lowest BCUT2D eigenvalue weighted by Crippen LogP contribution is -2.61. The Kier molecular flexibility index (Phi) is 32.5. The number of hydrogen-bond acceptors (Lipinski definition) is 15. The zero-order valence-corrected chi connectivity index (χ0v) is 51.4. The standard InChI is InChI=1S/C61H92N14O14/c1-35(2)29-41(54(83)70-44(19-14-28-68-61(64)65-6)56(85)72-46(53(63)82)32-42-34-66-26-12-8-9-15-36(42)3)18-13-27-67-55(84)47(30-39-16-10-7-11-17-39)74-60(89)52(37(4)76)75-59(88)49(33-50(62)79)73-57(86)45(24-25-51(80)81)71-58(87)48(69-38(5)77)31-40-20-22-43(78)23-21-40/h8-9,12-13,15,18,20-23,34-35,37,39,41,44-49,52,66,76,78H,3,7,10-11,14,16-17,19,24-33H2,1-2,4-6H3,(H2,62,79)(H2,63,82)(H,67,84)(H,69,77)(H,70,83)(H,71,87)(H,72,85)(H,73,86)(H,74,89)(H,75,88)(H,80,81)(H3,64,65,68)/b12-8-,15-9-,18-13+,42-34?/t37-,41+,44+,45+,46+,47+,48-,49+,52+/m1/s1. The number of carboxylic acid groups (broad SMARTS) is 1. The highest BCUT2D eigenvalue weighted by Crippen LogP contribution is 2.28. The number of primary amides is 2. The van der Waals surface area contributed by atoms with Gasteiger partial charge in [0, 0.05) is 59.1 Å². The van der Waals surface area contributed by atoms with Crippen LogP contribution in [0.1, 0.15) is 117 Å². The Morgan fingerprint density at radius 2 is 1.33 bits per heavy atom. The van der Waals surface area contributed by atoms with E-state index in [9.17, 15) is 68.1 Å². The second kappa shape index (κ2) is 38.9. The Bertz CT molecular complexity index is 2770. The number of phenolic OH excluding ortho intramolecular Hbond substituents is 1. The number of nitrogens with two attached hydrogens (primary N) is 3. The van der Waals surface area contributed by atoms with Crippen molar-refractivity contribution in [2.24, 2.45) is 39.9 Å². The van der Waals surface area contributed by atoms with Crippen LogP contribution in [0.2, 0.25) is 0 Å². The maximum absolute atomic E-state index is 14.2. The van der Waals surface area contributed by atoms with Crippen molar-refractivity contribution in [1.82, 2.24) is 53.2 Å².